The largest absolute Gasteiger partial charge is 0.372 e. The van der Waals surface area contributed by atoms with Crippen LogP contribution in [0.1, 0.15) is 35.5 Å². The second kappa shape index (κ2) is 9.43. The Morgan fingerprint density at radius 3 is 2.25 bits per heavy atom. The molecule has 3 aromatic carbocycles. The first-order valence-corrected chi connectivity index (χ1v) is 10.8. The predicted molar refractivity (Wildman–Crippen MR) is 131 cm³/mol. The fraction of sp³-hybridized carbons (Fsp3) is 0.148. The lowest BCUT2D eigenvalue weighted by atomic mass is 9.98. The van der Waals surface area contributed by atoms with Gasteiger partial charge in [-0.1, -0.05) is 54.6 Å². The number of ketones is 1. The van der Waals surface area contributed by atoms with Crippen LogP contribution in [0.3, 0.4) is 0 Å². The Bertz CT molecular complexity index is 1320. The molecule has 0 fully saturated rings. The summed E-state index contributed by atoms with van der Waals surface area (Å²) in [5.41, 5.74) is 3.71. The van der Waals surface area contributed by atoms with Crippen molar-refractivity contribution in [1.82, 2.24) is 9.97 Å². The smallest absolute Gasteiger partial charge is 0.275 e. The van der Waals surface area contributed by atoms with Gasteiger partial charge in [-0.05, 0) is 49.8 Å². The third kappa shape index (κ3) is 4.37. The van der Waals surface area contributed by atoms with Crippen molar-refractivity contribution in [3.05, 3.63) is 106 Å². The minimum Gasteiger partial charge on any atom is -0.372 e. The molecule has 0 radical (unpaired) electrons. The number of aromatic amines is 1. The molecule has 0 saturated carbocycles. The van der Waals surface area contributed by atoms with Crippen molar-refractivity contribution in [3.63, 3.8) is 0 Å². The molecule has 0 amide bonds. The average Bonchev–Trinajstić information content (AvgIpc) is 2.84. The minimum atomic E-state index is -0.390. The van der Waals surface area contributed by atoms with Gasteiger partial charge in [0.2, 0.25) is 0 Å². The molecule has 0 aliphatic carbocycles. The number of carbonyl (C=O) groups excluding carboxylic acids is 1. The van der Waals surface area contributed by atoms with E-state index in [4.69, 9.17) is 0 Å². The maximum Gasteiger partial charge on any atom is 0.275 e. The number of hydrogen-bond acceptors (Lipinski definition) is 4. The first-order chi connectivity index (χ1) is 15.6. The van der Waals surface area contributed by atoms with E-state index in [1.807, 2.05) is 60.7 Å². The summed E-state index contributed by atoms with van der Waals surface area (Å²) in [5.74, 6) is -0.244. The number of carbonyl (C=O) groups is 1. The number of anilines is 1. The van der Waals surface area contributed by atoms with Gasteiger partial charge < -0.3 is 9.88 Å². The molecule has 0 atom stereocenters. The van der Waals surface area contributed by atoms with Gasteiger partial charge in [0.25, 0.3) is 5.56 Å². The number of aromatic nitrogens is 2. The monoisotopic (exact) mass is 423 g/mol. The van der Waals surface area contributed by atoms with Crippen LogP contribution in [-0.2, 0) is 0 Å². The predicted octanol–water partition coefficient (Wildman–Crippen LogP) is 5.19. The second-order valence-corrected chi connectivity index (χ2v) is 7.45. The maximum absolute atomic E-state index is 13.4. The first kappa shape index (κ1) is 21.2. The molecule has 32 heavy (non-hydrogen) atoms. The number of nitrogens with zero attached hydrogens (tertiary/aromatic N) is 2. The zero-order valence-electron chi connectivity index (χ0n) is 18.2. The van der Waals surface area contributed by atoms with E-state index < -0.39 is 0 Å². The lowest BCUT2D eigenvalue weighted by molar-refractivity contribution is 0.105. The van der Waals surface area contributed by atoms with Crippen molar-refractivity contribution in [2.75, 3.05) is 18.0 Å². The normalized spacial score (nSPS) is 11.5. The number of Topliss-reactive ketones (excluding diaryl/α,β-unsaturated/α-hetero) is 1. The van der Waals surface area contributed by atoms with Crippen LogP contribution in [0.5, 0.6) is 0 Å². The average molecular weight is 424 g/mol. The van der Waals surface area contributed by atoms with E-state index in [-0.39, 0.29) is 22.6 Å². The summed E-state index contributed by atoms with van der Waals surface area (Å²) >= 11 is 0. The van der Waals surface area contributed by atoms with E-state index >= 15 is 0 Å². The van der Waals surface area contributed by atoms with Gasteiger partial charge in [0.15, 0.2) is 5.78 Å². The molecule has 0 spiro atoms. The van der Waals surface area contributed by atoms with E-state index in [9.17, 15) is 9.59 Å². The summed E-state index contributed by atoms with van der Waals surface area (Å²) in [4.78, 5) is 36.0. The Kier molecular flexibility index (Phi) is 6.26. The topological polar surface area (TPSA) is 66.1 Å². The lowest BCUT2D eigenvalue weighted by Gasteiger charge is -2.20. The summed E-state index contributed by atoms with van der Waals surface area (Å²) < 4.78 is 0. The molecule has 5 heteroatoms. The molecule has 1 heterocycles. The molecule has 1 N–H and O–H groups in total. The molecule has 1 aromatic heterocycles. The van der Waals surface area contributed by atoms with Gasteiger partial charge in [-0.2, -0.15) is 0 Å². The number of benzene rings is 3. The van der Waals surface area contributed by atoms with Gasteiger partial charge in [-0.15, -0.1) is 0 Å². The SMILES string of the molecule is CCN(CC)c1ccc(/C=C(/C(=O)c2ccccc2)c2nc3ccccc3[nH]c2=O)cc1. The van der Waals surface area contributed by atoms with Crippen LogP contribution < -0.4 is 10.5 Å². The molecule has 160 valence electrons. The van der Waals surface area contributed by atoms with E-state index in [1.54, 1.807) is 24.3 Å². The number of allylic oxidation sites excluding steroid dienone is 1. The second-order valence-electron chi connectivity index (χ2n) is 7.45. The molecule has 0 bridgehead atoms. The van der Waals surface area contributed by atoms with E-state index in [0.29, 0.717) is 16.6 Å². The maximum atomic E-state index is 13.4. The Labute approximate surface area is 187 Å². The standard InChI is InChI=1S/C27H25N3O2/c1-3-30(4-2)21-16-14-19(15-17-21)18-22(26(31)20-10-6-5-7-11-20)25-27(32)29-24-13-9-8-12-23(24)28-25/h5-18H,3-4H2,1-2H3,(H,29,32)/b22-18+. The van der Waals surface area contributed by atoms with Crippen molar-refractivity contribution in [3.8, 4) is 0 Å². The van der Waals surface area contributed by atoms with Gasteiger partial charge in [-0.3, -0.25) is 9.59 Å². The zero-order valence-corrected chi connectivity index (χ0v) is 18.2. The van der Waals surface area contributed by atoms with Gasteiger partial charge >= 0.3 is 0 Å². The molecule has 4 rings (SSSR count). The molecule has 0 saturated heterocycles. The summed E-state index contributed by atoms with van der Waals surface area (Å²) in [6.45, 7) is 6.07. The van der Waals surface area contributed by atoms with Crippen molar-refractivity contribution < 1.29 is 4.79 Å². The molecule has 4 aromatic rings. The first-order valence-electron chi connectivity index (χ1n) is 10.8. The summed E-state index contributed by atoms with van der Waals surface area (Å²) in [7, 11) is 0. The van der Waals surface area contributed by atoms with Crippen LogP contribution in [0.4, 0.5) is 5.69 Å². The quantitative estimate of drug-likeness (QED) is 0.328. The van der Waals surface area contributed by atoms with Gasteiger partial charge in [0, 0.05) is 24.3 Å². The third-order valence-electron chi connectivity index (χ3n) is 5.47. The zero-order chi connectivity index (χ0) is 22.5. The van der Waals surface area contributed by atoms with Crippen LogP contribution in [0.15, 0.2) is 83.7 Å². The minimum absolute atomic E-state index is 0.116. The van der Waals surface area contributed by atoms with Crippen molar-refractivity contribution >= 4 is 34.2 Å². The summed E-state index contributed by atoms with van der Waals surface area (Å²) in [5, 5.41) is 0. The molecule has 0 aliphatic rings. The number of hydrogen-bond donors (Lipinski definition) is 1. The number of rotatable bonds is 7. The van der Waals surface area contributed by atoms with Gasteiger partial charge in [0.1, 0.15) is 5.69 Å². The summed E-state index contributed by atoms with van der Waals surface area (Å²) in [6, 6.07) is 24.2. The Hall–Kier alpha value is -3.99. The van der Waals surface area contributed by atoms with Crippen molar-refractivity contribution in [1.29, 1.82) is 0 Å². The van der Waals surface area contributed by atoms with Crippen LogP contribution in [-0.4, -0.2) is 28.8 Å². The Balaban J connectivity index is 1.84. The molecule has 0 aliphatic heterocycles. The molecule has 0 unspecified atom stereocenters. The molecular formula is C27H25N3O2. The van der Waals surface area contributed by atoms with Crippen LogP contribution in [0.2, 0.25) is 0 Å². The third-order valence-corrected chi connectivity index (χ3v) is 5.47. The van der Waals surface area contributed by atoms with Crippen LogP contribution in [0, 0.1) is 0 Å². The van der Waals surface area contributed by atoms with Crippen molar-refractivity contribution in [2.24, 2.45) is 0 Å². The lowest BCUT2D eigenvalue weighted by Crippen LogP contribution is -2.21. The number of H-pyrrole nitrogens is 1. The van der Waals surface area contributed by atoms with Gasteiger partial charge in [-0.25, -0.2) is 4.98 Å². The fourth-order valence-electron chi connectivity index (χ4n) is 3.74. The van der Waals surface area contributed by atoms with E-state index in [1.165, 1.54) is 0 Å². The summed E-state index contributed by atoms with van der Waals surface area (Å²) in [6.07, 6.45) is 1.74. The highest BCUT2D eigenvalue weighted by Gasteiger charge is 2.19. The molecular weight excluding hydrogens is 398 g/mol. The van der Waals surface area contributed by atoms with Crippen LogP contribution in [0.25, 0.3) is 22.7 Å². The Morgan fingerprint density at radius 2 is 1.56 bits per heavy atom. The number of nitrogens with one attached hydrogen (secondary N) is 1. The van der Waals surface area contributed by atoms with E-state index in [0.717, 1.165) is 24.3 Å². The number of para-hydroxylation sites is 2. The van der Waals surface area contributed by atoms with Crippen molar-refractivity contribution in [2.45, 2.75) is 13.8 Å². The fourth-order valence-corrected chi connectivity index (χ4v) is 3.74. The number of fused-ring (bicyclic) bond motifs is 1. The Morgan fingerprint density at radius 1 is 0.906 bits per heavy atom. The van der Waals surface area contributed by atoms with Gasteiger partial charge in [0.05, 0.1) is 16.6 Å². The molecule has 5 nitrogen and oxygen atoms in total. The highest BCUT2D eigenvalue weighted by Crippen LogP contribution is 2.23. The highest BCUT2D eigenvalue weighted by molar-refractivity contribution is 6.32. The highest BCUT2D eigenvalue weighted by atomic mass is 16.1. The van der Waals surface area contributed by atoms with E-state index in [2.05, 4.69) is 28.7 Å². The van der Waals surface area contributed by atoms with Crippen LogP contribution >= 0.6 is 0 Å².